The standard InChI is InChI=1S/C14H22N4O/c1-11-5-8-17(2)13(9-15)14(19)18(11)10-12-3-6-16-7-4-12/h3-4,6-7,11,13H,5,8-10,15H2,1-2H3. The van der Waals surface area contributed by atoms with Gasteiger partial charge in [0.1, 0.15) is 6.04 Å². The Morgan fingerprint density at radius 1 is 1.42 bits per heavy atom. The lowest BCUT2D eigenvalue weighted by Gasteiger charge is -2.30. The van der Waals surface area contributed by atoms with Gasteiger partial charge in [-0.25, -0.2) is 0 Å². The van der Waals surface area contributed by atoms with Crippen molar-refractivity contribution in [2.45, 2.75) is 32.0 Å². The molecule has 2 heterocycles. The lowest BCUT2D eigenvalue weighted by Crippen LogP contribution is -2.49. The van der Waals surface area contributed by atoms with Gasteiger partial charge in [0.15, 0.2) is 0 Å². The Morgan fingerprint density at radius 2 is 2.11 bits per heavy atom. The smallest absolute Gasteiger partial charge is 0.241 e. The Bertz CT molecular complexity index is 423. The summed E-state index contributed by atoms with van der Waals surface area (Å²) in [5.41, 5.74) is 6.86. The van der Waals surface area contributed by atoms with E-state index in [1.54, 1.807) is 12.4 Å². The Morgan fingerprint density at radius 3 is 2.74 bits per heavy atom. The second-order valence-corrected chi connectivity index (χ2v) is 5.19. The lowest BCUT2D eigenvalue weighted by atomic mass is 10.1. The molecule has 2 rings (SSSR count). The van der Waals surface area contributed by atoms with Gasteiger partial charge in [-0.15, -0.1) is 0 Å². The second kappa shape index (κ2) is 6.12. The molecule has 1 fully saturated rings. The van der Waals surface area contributed by atoms with Crippen LogP contribution in [-0.4, -0.2) is 52.9 Å². The van der Waals surface area contributed by atoms with Gasteiger partial charge >= 0.3 is 0 Å². The lowest BCUT2D eigenvalue weighted by molar-refractivity contribution is -0.137. The molecule has 104 valence electrons. The number of likely N-dealkylation sites (N-methyl/N-ethyl adjacent to an activating group) is 1. The molecule has 2 atom stereocenters. The van der Waals surface area contributed by atoms with Crippen LogP contribution in [0.4, 0.5) is 0 Å². The molecule has 1 saturated heterocycles. The molecule has 2 unspecified atom stereocenters. The zero-order chi connectivity index (χ0) is 13.8. The zero-order valence-electron chi connectivity index (χ0n) is 11.6. The summed E-state index contributed by atoms with van der Waals surface area (Å²) in [5, 5.41) is 0. The molecule has 0 saturated carbocycles. The second-order valence-electron chi connectivity index (χ2n) is 5.19. The van der Waals surface area contributed by atoms with E-state index in [0.29, 0.717) is 13.1 Å². The first kappa shape index (κ1) is 14.0. The topological polar surface area (TPSA) is 62.5 Å². The van der Waals surface area contributed by atoms with Gasteiger partial charge < -0.3 is 10.6 Å². The van der Waals surface area contributed by atoms with Gasteiger partial charge in [0.2, 0.25) is 5.91 Å². The summed E-state index contributed by atoms with van der Waals surface area (Å²) in [7, 11) is 1.97. The van der Waals surface area contributed by atoms with Crippen molar-refractivity contribution in [2.24, 2.45) is 5.73 Å². The predicted molar refractivity (Wildman–Crippen MR) is 74.3 cm³/mol. The normalized spacial score (nSPS) is 25.4. The first-order valence-electron chi connectivity index (χ1n) is 6.73. The van der Waals surface area contributed by atoms with Crippen molar-refractivity contribution >= 4 is 5.91 Å². The van der Waals surface area contributed by atoms with Crippen LogP contribution in [0.25, 0.3) is 0 Å². The molecule has 2 N–H and O–H groups in total. The van der Waals surface area contributed by atoms with Crippen LogP contribution in [0.2, 0.25) is 0 Å². The molecule has 1 aromatic heterocycles. The van der Waals surface area contributed by atoms with Crippen LogP contribution in [0.3, 0.4) is 0 Å². The summed E-state index contributed by atoms with van der Waals surface area (Å²) in [4.78, 5) is 20.6. The van der Waals surface area contributed by atoms with Crippen molar-refractivity contribution in [1.29, 1.82) is 0 Å². The first-order chi connectivity index (χ1) is 9.13. The maximum Gasteiger partial charge on any atom is 0.241 e. The van der Waals surface area contributed by atoms with Gasteiger partial charge in [-0.3, -0.25) is 14.7 Å². The Labute approximate surface area is 114 Å². The van der Waals surface area contributed by atoms with Crippen LogP contribution in [0.5, 0.6) is 0 Å². The number of aromatic nitrogens is 1. The number of hydrogen-bond acceptors (Lipinski definition) is 4. The fraction of sp³-hybridized carbons (Fsp3) is 0.571. The van der Waals surface area contributed by atoms with E-state index in [0.717, 1.165) is 18.5 Å². The third-order valence-electron chi connectivity index (χ3n) is 3.86. The van der Waals surface area contributed by atoms with Crippen molar-refractivity contribution in [3.63, 3.8) is 0 Å². The zero-order valence-corrected chi connectivity index (χ0v) is 11.6. The maximum atomic E-state index is 12.6. The van der Waals surface area contributed by atoms with Gasteiger partial charge in [-0.1, -0.05) is 0 Å². The van der Waals surface area contributed by atoms with Crippen LogP contribution in [0.1, 0.15) is 18.9 Å². The number of nitrogens with zero attached hydrogens (tertiary/aromatic N) is 3. The molecule has 19 heavy (non-hydrogen) atoms. The number of amides is 1. The summed E-state index contributed by atoms with van der Waals surface area (Å²) in [6.07, 6.45) is 4.49. The van der Waals surface area contributed by atoms with Gasteiger partial charge in [0.05, 0.1) is 0 Å². The minimum Gasteiger partial charge on any atom is -0.334 e. The molecule has 1 aliphatic rings. The van der Waals surface area contributed by atoms with Crippen LogP contribution >= 0.6 is 0 Å². The van der Waals surface area contributed by atoms with Crippen LogP contribution in [0.15, 0.2) is 24.5 Å². The van der Waals surface area contributed by atoms with Gasteiger partial charge in [-0.2, -0.15) is 0 Å². The highest BCUT2D eigenvalue weighted by molar-refractivity contribution is 5.82. The van der Waals surface area contributed by atoms with E-state index in [2.05, 4.69) is 16.8 Å². The van der Waals surface area contributed by atoms with Gasteiger partial charge in [-0.05, 0) is 38.1 Å². The van der Waals surface area contributed by atoms with E-state index in [9.17, 15) is 4.79 Å². The van der Waals surface area contributed by atoms with Crippen LogP contribution in [0, 0.1) is 0 Å². The third-order valence-corrected chi connectivity index (χ3v) is 3.86. The molecule has 0 spiro atoms. The monoisotopic (exact) mass is 262 g/mol. The molecule has 1 aromatic rings. The molecule has 5 nitrogen and oxygen atoms in total. The number of pyridine rings is 1. The van der Waals surface area contributed by atoms with Crippen molar-refractivity contribution < 1.29 is 4.79 Å². The van der Waals surface area contributed by atoms with Crippen LogP contribution < -0.4 is 5.73 Å². The molecule has 1 aliphatic heterocycles. The van der Waals surface area contributed by atoms with Gasteiger partial charge in [0, 0.05) is 38.1 Å². The SMILES string of the molecule is CC1CCN(C)C(CN)C(=O)N1Cc1ccncc1. The minimum absolute atomic E-state index is 0.131. The predicted octanol–water partition coefficient (Wildman–Crippen LogP) is 0.462. The summed E-state index contributed by atoms with van der Waals surface area (Å²) >= 11 is 0. The number of carbonyl (C=O) groups is 1. The molecule has 0 radical (unpaired) electrons. The van der Waals surface area contributed by atoms with E-state index in [-0.39, 0.29) is 18.0 Å². The average molecular weight is 262 g/mol. The Balaban J connectivity index is 2.18. The van der Waals surface area contributed by atoms with Crippen LogP contribution in [-0.2, 0) is 11.3 Å². The highest BCUT2D eigenvalue weighted by Gasteiger charge is 2.32. The van der Waals surface area contributed by atoms with Crippen molar-refractivity contribution in [3.05, 3.63) is 30.1 Å². The largest absolute Gasteiger partial charge is 0.334 e. The van der Waals surface area contributed by atoms with Crippen molar-refractivity contribution in [1.82, 2.24) is 14.8 Å². The quantitative estimate of drug-likeness (QED) is 0.859. The molecule has 0 aliphatic carbocycles. The Kier molecular flexibility index (Phi) is 4.50. The molecule has 5 heteroatoms. The molecule has 0 bridgehead atoms. The van der Waals surface area contributed by atoms with E-state index in [1.807, 2.05) is 24.1 Å². The van der Waals surface area contributed by atoms with E-state index >= 15 is 0 Å². The van der Waals surface area contributed by atoms with Gasteiger partial charge in [0.25, 0.3) is 0 Å². The molecule has 1 amide bonds. The van der Waals surface area contributed by atoms with Crippen molar-refractivity contribution in [2.75, 3.05) is 20.1 Å². The summed E-state index contributed by atoms with van der Waals surface area (Å²) in [5.74, 6) is 0.131. The van der Waals surface area contributed by atoms with E-state index in [1.165, 1.54) is 0 Å². The molecular formula is C14H22N4O. The summed E-state index contributed by atoms with van der Waals surface area (Å²) < 4.78 is 0. The number of hydrogen-bond donors (Lipinski definition) is 1. The summed E-state index contributed by atoms with van der Waals surface area (Å²) in [6.45, 7) is 4.01. The Hall–Kier alpha value is -1.46. The minimum atomic E-state index is -0.202. The average Bonchev–Trinajstić information content (AvgIpc) is 2.52. The highest BCUT2D eigenvalue weighted by atomic mass is 16.2. The van der Waals surface area contributed by atoms with Crippen molar-refractivity contribution in [3.8, 4) is 0 Å². The van der Waals surface area contributed by atoms with E-state index < -0.39 is 0 Å². The number of carbonyl (C=O) groups excluding carboxylic acids is 1. The summed E-state index contributed by atoms with van der Waals surface area (Å²) in [6, 6.07) is 3.93. The molecular weight excluding hydrogens is 240 g/mol. The number of rotatable bonds is 3. The maximum absolute atomic E-state index is 12.6. The fourth-order valence-electron chi connectivity index (χ4n) is 2.50. The third kappa shape index (κ3) is 3.11. The highest BCUT2D eigenvalue weighted by Crippen LogP contribution is 2.18. The number of nitrogens with two attached hydrogens (primary N) is 1. The van der Waals surface area contributed by atoms with E-state index in [4.69, 9.17) is 5.73 Å². The fourth-order valence-corrected chi connectivity index (χ4v) is 2.50. The molecule has 0 aromatic carbocycles. The first-order valence-corrected chi connectivity index (χ1v) is 6.73.